The second-order valence-corrected chi connectivity index (χ2v) is 9.71. The van der Waals surface area contributed by atoms with Gasteiger partial charge in [0.2, 0.25) is 0 Å². The van der Waals surface area contributed by atoms with E-state index in [0.717, 1.165) is 0 Å². The van der Waals surface area contributed by atoms with Crippen LogP contribution in [-0.2, 0) is 10.8 Å². The maximum absolute atomic E-state index is 2.33. The molecule has 2 aromatic carbocycles. The molecule has 0 fully saturated rings. The van der Waals surface area contributed by atoms with Crippen LogP contribution in [0.5, 0.6) is 0 Å². The molecule has 1 heterocycles. The molecule has 1 aliphatic heterocycles. The van der Waals surface area contributed by atoms with Crippen LogP contribution in [0.25, 0.3) is 5.57 Å². The molecule has 0 amide bonds. The molecule has 154 valence electrons. The zero-order valence-corrected chi connectivity index (χ0v) is 19.4. The standard InChI is InChI=1S/C29H33N/c1-20(16-18-23-21(2)22-12-8-9-13-24(22)28(23,3)4)17-19-27-29(5,6)25-14-10-11-15-26(25)30(27)7/h8-19H,1-7H3/b18-16+,20-17+,27-19+. The number of likely N-dealkylation sites (N-methyl/N-ethyl adjacent to an activating group) is 1. The van der Waals surface area contributed by atoms with Crippen molar-refractivity contribution in [1.29, 1.82) is 0 Å². The fourth-order valence-electron chi connectivity index (χ4n) is 5.23. The van der Waals surface area contributed by atoms with E-state index >= 15 is 0 Å². The Morgan fingerprint density at radius 3 is 2.17 bits per heavy atom. The van der Waals surface area contributed by atoms with Gasteiger partial charge in [-0.3, -0.25) is 0 Å². The quantitative estimate of drug-likeness (QED) is 0.485. The minimum absolute atomic E-state index is 0.0139. The molecule has 0 saturated heterocycles. The molecule has 1 heteroatoms. The molecule has 0 spiro atoms. The highest BCUT2D eigenvalue weighted by atomic mass is 15.2. The summed E-state index contributed by atoms with van der Waals surface area (Å²) in [5.74, 6) is 0. The van der Waals surface area contributed by atoms with Crippen LogP contribution in [0.3, 0.4) is 0 Å². The van der Waals surface area contributed by atoms with Gasteiger partial charge in [0.1, 0.15) is 0 Å². The van der Waals surface area contributed by atoms with Crippen molar-refractivity contribution in [2.75, 3.05) is 11.9 Å². The minimum Gasteiger partial charge on any atom is -0.347 e. The second-order valence-electron chi connectivity index (χ2n) is 9.71. The van der Waals surface area contributed by atoms with Gasteiger partial charge in [0.05, 0.1) is 0 Å². The molecule has 1 nitrogen and oxygen atoms in total. The Balaban J connectivity index is 1.62. The van der Waals surface area contributed by atoms with E-state index in [9.17, 15) is 0 Å². The van der Waals surface area contributed by atoms with Crippen molar-refractivity contribution in [1.82, 2.24) is 0 Å². The Morgan fingerprint density at radius 2 is 1.50 bits per heavy atom. The minimum atomic E-state index is 0.0139. The second kappa shape index (κ2) is 7.16. The zero-order valence-electron chi connectivity index (χ0n) is 19.4. The lowest BCUT2D eigenvalue weighted by molar-refractivity contribution is 0.640. The van der Waals surface area contributed by atoms with Gasteiger partial charge in [-0.25, -0.2) is 0 Å². The summed E-state index contributed by atoms with van der Waals surface area (Å²) in [6, 6.07) is 17.5. The van der Waals surface area contributed by atoms with E-state index < -0.39 is 0 Å². The van der Waals surface area contributed by atoms with Crippen molar-refractivity contribution in [3.8, 4) is 0 Å². The molecule has 0 aromatic heterocycles. The molecule has 0 N–H and O–H groups in total. The van der Waals surface area contributed by atoms with E-state index in [4.69, 9.17) is 0 Å². The molecular formula is C29H33N. The molecule has 0 radical (unpaired) electrons. The Labute approximate surface area is 182 Å². The maximum atomic E-state index is 2.33. The predicted octanol–water partition coefficient (Wildman–Crippen LogP) is 7.57. The van der Waals surface area contributed by atoms with Crippen molar-refractivity contribution >= 4 is 11.3 Å². The highest BCUT2D eigenvalue weighted by Crippen LogP contribution is 2.47. The monoisotopic (exact) mass is 395 g/mol. The predicted molar refractivity (Wildman–Crippen MR) is 131 cm³/mol. The van der Waals surface area contributed by atoms with Crippen molar-refractivity contribution in [3.05, 3.63) is 106 Å². The molecule has 0 atom stereocenters. The van der Waals surface area contributed by atoms with E-state index in [0.29, 0.717) is 0 Å². The van der Waals surface area contributed by atoms with E-state index in [1.54, 1.807) is 0 Å². The molecule has 0 bridgehead atoms. The van der Waals surface area contributed by atoms with Gasteiger partial charge in [-0.05, 0) is 53.8 Å². The average molecular weight is 396 g/mol. The molecule has 4 rings (SSSR count). The fraction of sp³-hybridized carbons (Fsp3) is 0.310. The Hall–Kier alpha value is -2.80. The van der Waals surface area contributed by atoms with Crippen LogP contribution in [0.15, 0.2) is 89.7 Å². The number of anilines is 1. The number of hydrogen-bond acceptors (Lipinski definition) is 1. The van der Waals surface area contributed by atoms with Gasteiger partial charge >= 0.3 is 0 Å². The van der Waals surface area contributed by atoms with Crippen LogP contribution < -0.4 is 4.90 Å². The first kappa shape index (κ1) is 20.5. The highest BCUT2D eigenvalue weighted by molar-refractivity contribution is 5.81. The lowest BCUT2D eigenvalue weighted by atomic mass is 9.81. The first-order valence-electron chi connectivity index (χ1n) is 10.9. The first-order chi connectivity index (χ1) is 14.2. The third-order valence-electron chi connectivity index (χ3n) is 7.04. The van der Waals surface area contributed by atoms with Crippen molar-refractivity contribution in [3.63, 3.8) is 0 Å². The van der Waals surface area contributed by atoms with Crippen molar-refractivity contribution in [2.24, 2.45) is 0 Å². The van der Waals surface area contributed by atoms with Gasteiger partial charge in [0.25, 0.3) is 0 Å². The van der Waals surface area contributed by atoms with Gasteiger partial charge in [-0.1, -0.05) is 94.0 Å². The molecule has 30 heavy (non-hydrogen) atoms. The Bertz CT molecular complexity index is 1120. The van der Waals surface area contributed by atoms with Crippen LogP contribution >= 0.6 is 0 Å². The summed E-state index contributed by atoms with van der Waals surface area (Å²) >= 11 is 0. The SMILES string of the molecule is CC1=C(/C=C/C(C)=C/C=C2/N(C)c3ccccc3C2(C)C)C(C)(C)c2ccccc21. The summed E-state index contributed by atoms with van der Waals surface area (Å²) < 4.78 is 0. The van der Waals surface area contributed by atoms with Gasteiger partial charge in [0.15, 0.2) is 0 Å². The van der Waals surface area contributed by atoms with E-state index in [1.165, 1.54) is 44.8 Å². The normalized spacial score (nSPS) is 21.0. The van der Waals surface area contributed by atoms with Crippen molar-refractivity contribution in [2.45, 2.75) is 52.4 Å². The third kappa shape index (κ3) is 3.08. The zero-order chi connectivity index (χ0) is 21.7. The van der Waals surface area contributed by atoms with Crippen LogP contribution in [0, 0.1) is 0 Å². The summed E-state index contributed by atoms with van der Waals surface area (Å²) in [5.41, 5.74) is 11.0. The van der Waals surface area contributed by atoms with E-state index in [2.05, 4.69) is 126 Å². The third-order valence-corrected chi connectivity index (χ3v) is 7.04. The number of nitrogens with zero attached hydrogens (tertiary/aromatic N) is 1. The summed E-state index contributed by atoms with van der Waals surface area (Å²) in [6.45, 7) is 13.7. The van der Waals surface area contributed by atoms with Gasteiger partial charge in [-0.2, -0.15) is 0 Å². The topological polar surface area (TPSA) is 3.24 Å². The van der Waals surface area contributed by atoms with Crippen LogP contribution in [-0.4, -0.2) is 7.05 Å². The van der Waals surface area contributed by atoms with Crippen LogP contribution in [0.1, 0.15) is 58.2 Å². The fourth-order valence-corrected chi connectivity index (χ4v) is 5.23. The first-order valence-corrected chi connectivity index (χ1v) is 10.9. The Kier molecular flexibility index (Phi) is 4.89. The summed E-state index contributed by atoms with van der Waals surface area (Å²) in [4.78, 5) is 2.33. The number of para-hydroxylation sites is 1. The molecule has 0 unspecified atom stereocenters. The van der Waals surface area contributed by atoms with Gasteiger partial charge in [-0.15, -0.1) is 0 Å². The molecule has 2 aromatic rings. The maximum Gasteiger partial charge on any atom is 0.0447 e. The molecular weight excluding hydrogens is 362 g/mol. The van der Waals surface area contributed by atoms with Crippen LogP contribution in [0.2, 0.25) is 0 Å². The number of hydrogen-bond donors (Lipinski definition) is 0. The van der Waals surface area contributed by atoms with E-state index in [1.807, 2.05) is 0 Å². The summed E-state index contributed by atoms with van der Waals surface area (Å²) in [5, 5.41) is 0. The Morgan fingerprint density at radius 1 is 0.867 bits per heavy atom. The van der Waals surface area contributed by atoms with Crippen molar-refractivity contribution < 1.29 is 0 Å². The number of fused-ring (bicyclic) bond motifs is 2. The van der Waals surface area contributed by atoms with E-state index in [-0.39, 0.29) is 10.8 Å². The van der Waals surface area contributed by atoms with Gasteiger partial charge in [0, 0.05) is 29.3 Å². The number of benzene rings is 2. The number of allylic oxidation sites excluding steroid dienone is 8. The lowest BCUT2D eigenvalue weighted by Gasteiger charge is -2.24. The van der Waals surface area contributed by atoms with Crippen LogP contribution in [0.4, 0.5) is 5.69 Å². The smallest absolute Gasteiger partial charge is 0.0447 e. The highest BCUT2D eigenvalue weighted by Gasteiger charge is 2.37. The largest absolute Gasteiger partial charge is 0.347 e. The lowest BCUT2D eigenvalue weighted by Crippen LogP contribution is -2.22. The van der Waals surface area contributed by atoms with Gasteiger partial charge < -0.3 is 4.90 Å². The summed E-state index contributed by atoms with van der Waals surface area (Å²) in [6.07, 6.45) is 9.12. The number of rotatable bonds is 3. The summed E-state index contributed by atoms with van der Waals surface area (Å²) in [7, 11) is 2.17. The molecule has 0 saturated carbocycles. The average Bonchev–Trinajstić information content (AvgIpc) is 3.04. The molecule has 2 aliphatic rings. The molecule has 1 aliphatic carbocycles.